The first kappa shape index (κ1) is 14.3. The van der Waals surface area contributed by atoms with Crippen LogP contribution in [0.3, 0.4) is 0 Å². The normalized spacial score (nSPS) is 26.0. The highest BCUT2D eigenvalue weighted by molar-refractivity contribution is 5.90. The average Bonchev–Trinajstić information content (AvgIpc) is 2.90. The highest BCUT2D eigenvalue weighted by atomic mass is 16.2. The summed E-state index contributed by atoms with van der Waals surface area (Å²) in [6.07, 6.45) is 6.99. The van der Waals surface area contributed by atoms with Crippen molar-refractivity contribution in [2.75, 3.05) is 13.1 Å². The molecule has 0 aromatic carbocycles. The average molecular weight is 267 g/mol. The van der Waals surface area contributed by atoms with Crippen molar-refractivity contribution in [3.05, 3.63) is 0 Å². The molecular formula is C14H25N3O2. The Balaban J connectivity index is 1.82. The van der Waals surface area contributed by atoms with Crippen LogP contribution in [-0.4, -0.2) is 30.4 Å². The first-order valence-corrected chi connectivity index (χ1v) is 7.44. The topological polar surface area (TPSA) is 84.2 Å². The molecule has 1 unspecified atom stereocenters. The zero-order valence-electron chi connectivity index (χ0n) is 11.5. The summed E-state index contributed by atoms with van der Waals surface area (Å²) in [5.74, 6) is 0.206. The fourth-order valence-electron chi connectivity index (χ4n) is 3.21. The molecule has 4 N–H and O–H groups in total. The Kier molecular flexibility index (Phi) is 4.80. The molecule has 2 amide bonds. The van der Waals surface area contributed by atoms with Gasteiger partial charge in [-0.2, -0.15) is 0 Å². The maximum Gasteiger partial charge on any atom is 0.243 e. The van der Waals surface area contributed by atoms with Gasteiger partial charge in [-0.15, -0.1) is 0 Å². The molecular weight excluding hydrogens is 242 g/mol. The summed E-state index contributed by atoms with van der Waals surface area (Å²) in [4.78, 5) is 23.7. The van der Waals surface area contributed by atoms with Gasteiger partial charge in [0, 0.05) is 6.42 Å². The molecule has 5 heteroatoms. The van der Waals surface area contributed by atoms with Crippen LogP contribution in [0.15, 0.2) is 0 Å². The molecule has 2 aliphatic rings. The number of carbonyl (C=O) groups is 2. The van der Waals surface area contributed by atoms with Crippen LogP contribution in [0.2, 0.25) is 0 Å². The Bertz CT molecular complexity index is 332. The smallest absolute Gasteiger partial charge is 0.243 e. The maximum atomic E-state index is 12.0. The Labute approximate surface area is 114 Å². The molecule has 0 aromatic heterocycles. The molecule has 2 fully saturated rings. The Morgan fingerprint density at radius 3 is 2.58 bits per heavy atom. The van der Waals surface area contributed by atoms with Gasteiger partial charge in [0.1, 0.15) is 5.54 Å². The number of nitrogens with one attached hydrogen (secondary N) is 2. The monoisotopic (exact) mass is 267 g/mol. The van der Waals surface area contributed by atoms with Crippen LogP contribution in [0.4, 0.5) is 0 Å². The Morgan fingerprint density at radius 1 is 1.26 bits per heavy atom. The van der Waals surface area contributed by atoms with Crippen LogP contribution in [0, 0.1) is 5.92 Å². The van der Waals surface area contributed by atoms with Gasteiger partial charge in [-0.05, 0) is 44.7 Å². The number of carbonyl (C=O) groups excluding carboxylic acids is 2. The van der Waals surface area contributed by atoms with Gasteiger partial charge in [-0.1, -0.05) is 19.3 Å². The zero-order chi connectivity index (χ0) is 13.7. The number of hydrogen-bond acceptors (Lipinski definition) is 3. The van der Waals surface area contributed by atoms with Crippen molar-refractivity contribution in [1.82, 2.24) is 10.6 Å². The van der Waals surface area contributed by atoms with Crippen LogP contribution in [0.1, 0.15) is 51.4 Å². The molecule has 1 heterocycles. The number of primary amides is 1. The number of amides is 2. The molecule has 5 nitrogen and oxygen atoms in total. The summed E-state index contributed by atoms with van der Waals surface area (Å²) in [6, 6.07) is 0. The van der Waals surface area contributed by atoms with E-state index in [9.17, 15) is 9.59 Å². The molecule has 1 saturated carbocycles. The standard InChI is InChI=1S/C14H25N3O2/c15-13(19)14(7-2-1-3-8-14)17-12(18)5-4-11-6-9-16-10-11/h11,16H,1-10H2,(H2,15,19)(H,17,18). The second-order valence-electron chi connectivity index (χ2n) is 5.95. The predicted octanol–water partition coefficient (Wildman–Crippen LogP) is 0.680. The summed E-state index contributed by atoms with van der Waals surface area (Å²) >= 11 is 0. The van der Waals surface area contributed by atoms with E-state index in [1.807, 2.05) is 0 Å². The molecule has 2 rings (SSSR count). The molecule has 0 spiro atoms. The molecule has 1 atom stereocenters. The SMILES string of the molecule is NC(=O)C1(NC(=O)CCC2CCNC2)CCCCC1. The number of rotatable bonds is 5. The molecule has 1 aliphatic heterocycles. The molecule has 1 saturated heterocycles. The van der Waals surface area contributed by atoms with E-state index in [1.54, 1.807) is 0 Å². The van der Waals surface area contributed by atoms with Crippen molar-refractivity contribution in [3.8, 4) is 0 Å². The minimum atomic E-state index is -0.775. The highest BCUT2D eigenvalue weighted by Crippen LogP contribution is 2.28. The summed E-state index contributed by atoms with van der Waals surface area (Å²) in [5.41, 5.74) is 4.73. The lowest BCUT2D eigenvalue weighted by Gasteiger charge is -2.35. The third-order valence-corrected chi connectivity index (χ3v) is 4.50. The third-order valence-electron chi connectivity index (χ3n) is 4.50. The van der Waals surface area contributed by atoms with Crippen molar-refractivity contribution in [3.63, 3.8) is 0 Å². The lowest BCUT2D eigenvalue weighted by Crippen LogP contribution is -2.58. The molecule has 0 radical (unpaired) electrons. The van der Waals surface area contributed by atoms with Crippen molar-refractivity contribution in [1.29, 1.82) is 0 Å². The van der Waals surface area contributed by atoms with E-state index in [2.05, 4.69) is 10.6 Å². The maximum absolute atomic E-state index is 12.0. The van der Waals surface area contributed by atoms with Crippen LogP contribution in [0.25, 0.3) is 0 Å². The third kappa shape index (κ3) is 3.69. The van der Waals surface area contributed by atoms with Crippen LogP contribution in [-0.2, 0) is 9.59 Å². The van der Waals surface area contributed by atoms with Gasteiger partial charge in [-0.3, -0.25) is 9.59 Å². The zero-order valence-corrected chi connectivity index (χ0v) is 11.5. The summed E-state index contributed by atoms with van der Waals surface area (Å²) in [5, 5.41) is 6.22. The summed E-state index contributed by atoms with van der Waals surface area (Å²) in [6.45, 7) is 2.06. The Morgan fingerprint density at radius 2 is 2.00 bits per heavy atom. The largest absolute Gasteiger partial charge is 0.368 e. The van der Waals surface area contributed by atoms with Crippen molar-refractivity contribution >= 4 is 11.8 Å². The second-order valence-corrected chi connectivity index (χ2v) is 5.95. The van der Waals surface area contributed by atoms with E-state index in [4.69, 9.17) is 5.73 Å². The van der Waals surface area contributed by atoms with Gasteiger partial charge in [0.25, 0.3) is 0 Å². The molecule has 19 heavy (non-hydrogen) atoms. The first-order chi connectivity index (χ1) is 9.12. The molecule has 0 bridgehead atoms. The van der Waals surface area contributed by atoms with E-state index in [0.29, 0.717) is 25.2 Å². The molecule has 0 aromatic rings. The van der Waals surface area contributed by atoms with Crippen LogP contribution >= 0.6 is 0 Å². The quantitative estimate of drug-likeness (QED) is 0.685. The predicted molar refractivity (Wildman–Crippen MR) is 73.4 cm³/mol. The van der Waals surface area contributed by atoms with Crippen molar-refractivity contribution in [2.24, 2.45) is 11.7 Å². The molecule has 1 aliphatic carbocycles. The summed E-state index contributed by atoms with van der Waals surface area (Å²) in [7, 11) is 0. The van der Waals surface area contributed by atoms with E-state index in [-0.39, 0.29) is 11.8 Å². The van der Waals surface area contributed by atoms with E-state index >= 15 is 0 Å². The number of hydrogen-bond donors (Lipinski definition) is 3. The van der Waals surface area contributed by atoms with Crippen LogP contribution in [0.5, 0.6) is 0 Å². The fourth-order valence-corrected chi connectivity index (χ4v) is 3.21. The highest BCUT2D eigenvalue weighted by Gasteiger charge is 2.39. The van der Waals surface area contributed by atoms with Gasteiger partial charge in [-0.25, -0.2) is 0 Å². The minimum absolute atomic E-state index is 0.0207. The summed E-state index contributed by atoms with van der Waals surface area (Å²) < 4.78 is 0. The molecule has 108 valence electrons. The first-order valence-electron chi connectivity index (χ1n) is 7.44. The van der Waals surface area contributed by atoms with Gasteiger partial charge in [0.05, 0.1) is 0 Å². The minimum Gasteiger partial charge on any atom is -0.368 e. The van der Waals surface area contributed by atoms with Crippen molar-refractivity contribution < 1.29 is 9.59 Å². The fraction of sp³-hybridized carbons (Fsp3) is 0.857. The number of nitrogens with two attached hydrogens (primary N) is 1. The van der Waals surface area contributed by atoms with E-state index in [1.165, 1.54) is 0 Å². The van der Waals surface area contributed by atoms with Crippen molar-refractivity contribution in [2.45, 2.75) is 56.9 Å². The lowest BCUT2D eigenvalue weighted by molar-refractivity contribution is -0.133. The van der Waals surface area contributed by atoms with E-state index < -0.39 is 5.54 Å². The van der Waals surface area contributed by atoms with Gasteiger partial charge in [0.2, 0.25) is 11.8 Å². The van der Waals surface area contributed by atoms with Crippen LogP contribution < -0.4 is 16.4 Å². The van der Waals surface area contributed by atoms with E-state index in [0.717, 1.165) is 45.2 Å². The second kappa shape index (κ2) is 6.37. The lowest BCUT2D eigenvalue weighted by atomic mass is 9.81. The van der Waals surface area contributed by atoms with Gasteiger partial charge in [0.15, 0.2) is 0 Å². The Hall–Kier alpha value is -1.10. The van der Waals surface area contributed by atoms with Gasteiger partial charge < -0.3 is 16.4 Å². The van der Waals surface area contributed by atoms with Gasteiger partial charge >= 0.3 is 0 Å².